The third kappa shape index (κ3) is 3.98. The molecule has 1 N–H and O–H groups in total. The zero-order valence-electron chi connectivity index (χ0n) is 15.1. The van der Waals surface area contributed by atoms with Gasteiger partial charge in [0.2, 0.25) is 0 Å². The van der Waals surface area contributed by atoms with E-state index in [1.165, 1.54) is 12.1 Å². The SMILES string of the molecule is CC(C)(C)c1nc2c(c(=O)[nH]1)CN(Cc1ccc(C(F)(F)F)cc1)CC2. The Labute approximate surface area is 150 Å². The Hall–Kier alpha value is -2.15. The largest absolute Gasteiger partial charge is 0.416 e. The van der Waals surface area contributed by atoms with Crippen molar-refractivity contribution in [1.82, 2.24) is 14.9 Å². The Bertz CT molecular complexity index is 848. The Morgan fingerprint density at radius 1 is 1.15 bits per heavy atom. The summed E-state index contributed by atoms with van der Waals surface area (Å²) in [6.07, 6.45) is -3.67. The number of hydrogen-bond acceptors (Lipinski definition) is 3. The summed E-state index contributed by atoms with van der Waals surface area (Å²) in [7, 11) is 0. The van der Waals surface area contributed by atoms with Crippen molar-refractivity contribution >= 4 is 0 Å². The Morgan fingerprint density at radius 2 is 1.81 bits per heavy atom. The zero-order valence-corrected chi connectivity index (χ0v) is 15.1. The molecule has 0 saturated heterocycles. The topological polar surface area (TPSA) is 49.0 Å². The van der Waals surface area contributed by atoms with Crippen LogP contribution in [0.3, 0.4) is 0 Å². The zero-order chi connectivity index (χ0) is 19.1. The van der Waals surface area contributed by atoms with Gasteiger partial charge in [-0.2, -0.15) is 13.2 Å². The van der Waals surface area contributed by atoms with E-state index in [2.05, 4.69) is 14.9 Å². The van der Waals surface area contributed by atoms with Gasteiger partial charge in [0.15, 0.2) is 0 Å². The van der Waals surface area contributed by atoms with E-state index < -0.39 is 11.7 Å². The molecule has 2 aromatic rings. The maximum absolute atomic E-state index is 12.6. The standard InChI is InChI=1S/C19H22F3N3O/c1-18(2,3)17-23-15-8-9-25(11-14(15)16(26)24-17)10-12-4-6-13(7-5-12)19(20,21)22/h4-7H,8-11H2,1-3H3,(H,23,24,26). The molecule has 2 heterocycles. The molecule has 0 radical (unpaired) electrons. The van der Waals surface area contributed by atoms with E-state index in [4.69, 9.17) is 0 Å². The van der Waals surface area contributed by atoms with Crippen LogP contribution < -0.4 is 5.56 Å². The van der Waals surface area contributed by atoms with Gasteiger partial charge in [-0.25, -0.2) is 4.98 Å². The highest BCUT2D eigenvalue weighted by Gasteiger charge is 2.30. The van der Waals surface area contributed by atoms with Crippen LogP contribution in [0.2, 0.25) is 0 Å². The number of rotatable bonds is 2. The van der Waals surface area contributed by atoms with Crippen LogP contribution in [0.1, 0.15) is 49.0 Å². The molecule has 26 heavy (non-hydrogen) atoms. The molecular formula is C19H22F3N3O. The van der Waals surface area contributed by atoms with Crippen molar-refractivity contribution in [2.75, 3.05) is 6.54 Å². The first-order chi connectivity index (χ1) is 12.0. The monoisotopic (exact) mass is 365 g/mol. The van der Waals surface area contributed by atoms with Crippen LogP contribution >= 0.6 is 0 Å². The fraction of sp³-hybridized carbons (Fsp3) is 0.474. The quantitative estimate of drug-likeness (QED) is 0.884. The number of halogens is 3. The Kier molecular flexibility index (Phi) is 4.69. The van der Waals surface area contributed by atoms with E-state index in [0.717, 1.165) is 23.4 Å². The van der Waals surface area contributed by atoms with Gasteiger partial charge in [0.25, 0.3) is 5.56 Å². The molecule has 1 aromatic carbocycles. The van der Waals surface area contributed by atoms with E-state index >= 15 is 0 Å². The first kappa shape index (κ1) is 18.6. The number of nitrogens with one attached hydrogen (secondary N) is 1. The van der Waals surface area contributed by atoms with Gasteiger partial charge in [0.1, 0.15) is 5.82 Å². The minimum atomic E-state index is -4.33. The molecule has 140 valence electrons. The number of fused-ring (bicyclic) bond motifs is 1. The van der Waals surface area contributed by atoms with Gasteiger partial charge >= 0.3 is 6.18 Å². The molecule has 3 rings (SSSR count). The van der Waals surface area contributed by atoms with Crippen LogP contribution in [0.15, 0.2) is 29.1 Å². The van der Waals surface area contributed by atoms with Crippen LogP contribution in [-0.2, 0) is 31.1 Å². The molecule has 0 aliphatic carbocycles. The van der Waals surface area contributed by atoms with Crippen LogP contribution in [0, 0.1) is 0 Å². The number of alkyl halides is 3. The van der Waals surface area contributed by atoms with Crippen molar-refractivity contribution in [2.45, 2.75) is 51.9 Å². The van der Waals surface area contributed by atoms with Crippen LogP contribution in [-0.4, -0.2) is 21.4 Å². The summed E-state index contributed by atoms with van der Waals surface area (Å²) in [5.74, 6) is 0.678. The lowest BCUT2D eigenvalue weighted by atomic mass is 9.95. The van der Waals surface area contributed by atoms with Gasteiger partial charge < -0.3 is 4.98 Å². The molecule has 0 unspecified atom stereocenters. The molecular weight excluding hydrogens is 343 g/mol. The van der Waals surface area contributed by atoms with Crippen LogP contribution in [0.25, 0.3) is 0 Å². The van der Waals surface area contributed by atoms with Crippen molar-refractivity contribution in [3.8, 4) is 0 Å². The number of H-pyrrole nitrogens is 1. The third-order valence-corrected chi connectivity index (χ3v) is 4.55. The Balaban J connectivity index is 1.76. The van der Waals surface area contributed by atoms with Gasteiger partial charge in [-0.15, -0.1) is 0 Å². The lowest BCUT2D eigenvalue weighted by Gasteiger charge is -2.29. The number of nitrogens with zero attached hydrogens (tertiary/aromatic N) is 2. The van der Waals surface area contributed by atoms with E-state index in [9.17, 15) is 18.0 Å². The van der Waals surface area contributed by atoms with E-state index in [-0.39, 0.29) is 11.0 Å². The maximum Gasteiger partial charge on any atom is 0.416 e. The molecule has 0 amide bonds. The second kappa shape index (κ2) is 6.54. The highest BCUT2D eigenvalue weighted by molar-refractivity contribution is 5.26. The van der Waals surface area contributed by atoms with Crippen LogP contribution in [0.5, 0.6) is 0 Å². The van der Waals surface area contributed by atoms with Crippen LogP contribution in [0.4, 0.5) is 13.2 Å². The van der Waals surface area contributed by atoms with Gasteiger partial charge in [0, 0.05) is 31.5 Å². The van der Waals surface area contributed by atoms with Crippen molar-refractivity contribution in [3.05, 3.63) is 62.8 Å². The van der Waals surface area contributed by atoms with E-state index in [1.807, 2.05) is 20.8 Å². The molecule has 0 saturated carbocycles. The molecule has 0 fully saturated rings. The number of hydrogen-bond donors (Lipinski definition) is 1. The minimum Gasteiger partial charge on any atom is -0.310 e. The lowest BCUT2D eigenvalue weighted by Crippen LogP contribution is -2.37. The highest BCUT2D eigenvalue weighted by atomic mass is 19.4. The molecule has 0 spiro atoms. The third-order valence-electron chi connectivity index (χ3n) is 4.55. The van der Waals surface area contributed by atoms with Gasteiger partial charge in [-0.1, -0.05) is 32.9 Å². The Morgan fingerprint density at radius 3 is 2.38 bits per heavy atom. The second-order valence-electron chi connectivity index (χ2n) is 7.75. The van der Waals surface area contributed by atoms with Crippen molar-refractivity contribution < 1.29 is 13.2 Å². The van der Waals surface area contributed by atoms with Gasteiger partial charge in [-0.05, 0) is 17.7 Å². The average molecular weight is 365 g/mol. The summed E-state index contributed by atoms with van der Waals surface area (Å²) < 4.78 is 37.9. The molecule has 0 bridgehead atoms. The predicted octanol–water partition coefficient (Wildman–Crippen LogP) is 3.64. The van der Waals surface area contributed by atoms with E-state index in [1.54, 1.807) is 0 Å². The highest BCUT2D eigenvalue weighted by Crippen LogP contribution is 2.29. The second-order valence-corrected chi connectivity index (χ2v) is 7.75. The number of aromatic nitrogens is 2. The predicted molar refractivity (Wildman–Crippen MR) is 92.8 cm³/mol. The van der Waals surface area contributed by atoms with Crippen molar-refractivity contribution in [1.29, 1.82) is 0 Å². The van der Waals surface area contributed by atoms with Gasteiger partial charge in [-0.3, -0.25) is 9.69 Å². The summed E-state index contributed by atoms with van der Waals surface area (Å²) in [5.41, 5.74) is 1.25. The van der Waals surface area contributed by atoms with E-state index in [0.29, 0.717) is 37.4 Å². The first-order valence-electron chi connectivity index (χ1n) is 8.55. The summed E-state index contributed by atoms with van der Waals surface area (Å²) >= 11 is 0. The molecule has 7 heteroatoms. The average Bonchev–Trinajstić information content (AvgIpc) is 2.54. The molecule has 1 aliphatic heterocycles. The summed E-state index contributed by atoms with van der Waals surface area (Å²) in [6.45, 7) is 7.65. The fourth-order valence-electron chi connectivity index (χ4n) is 3.03. The lowest BCUT2D eigenvalue weighted by molar-refractivity contribution is -0.137. The summed E-state index contributed by atoms with van der Waals surface area (Å²) in [6, 6.07) is 5.17. The fourth-order valence-corrected chi connectivity index (χ4v) is 3.03. The number of aromatic amines is 1. The molecule has 1 aliphatic rings. The molecule has 0 atom stereocenters. The van der Waals surface area contributed by atoms with Crippen molar-refractivity contribution in [3.63, 3.8) is 0 Å². The maximum atomic E-state index is 12.6. The minimum absolute atomic E-state index is 0.128. The summed E-state index contributed by atoms with van der Waals surface area (Å²) in [4.78, 5) is 22.0. The van der Waals surface area contributed by atoms with Gasteiger partial charge in [0.05, 0.1) is 16.8 Å². The molecule has 4 nitrogen and oxygen atoms in total. The molecule has 1 aromatic heterocycles. The van der Waals surface area contributed by atoms with Crippen molar-refractivity contribution in [2.24, 2.45) is 0 Å². The normalized spacial score (nSPS) is 15.8. The first-order valence-corrected chi connectivity index (χ1v) is 8.55. The number of benzene rings is 1. The smallest absolute Gasteiger partial charge is 0.310 e. The summed E-state index contributed by atoms with van der Waals surface area (Å²) in [5, 5.41) is 0.